The van der Waals surface area contributed by atoms with E-state index in [1.807, 2.05) is 0 Å². The summed E-state index contributed by atoms with van der Waals surface area (Å²) in [6.45, 7) is 4.09. The number of amides is 1. The lowest BCUT2D eigenvalue weighted by Crippen LogP contribution is -2.25. The Morgan fingerprint density at radius 2 is 1.79 bits per heavy atom. The Balaban J connectivity index is 1.98. The van der Waals surface area contributed by atoms with Gasteiger partial charge in [-0.25, -0.2) is 9.37 Å². The number of alkyl halides is 3. The maximum atomic E-state index is 13.0. The molecule has 1 amide bonds. The molecule has 2 aromatic carbocycles. The molecule has 0 unspecified atom stereocenters. The predicted octanol–water partition coefficient (Wildman–Crippen LogP) is 5.06. The monoisotopic (exact) mass is 405 g/mol. The van der Waals surface area contributed by atoms with Gasteiger partial charge < -0.3 is 10.6 Å². The number of carbonyl (C=O) groups excluding carboxylic acids is 1. The fraction of sp³-hybridized carbons (Fsp3) is 0.238. The molecule has 0 aliphatic carbocycles. The summed E-state index contributed by atoms with van der Waals surface area (Å²) >= 11 is 0. The van der Waals surface area contributed by atoms with Gasteiger partial charge in [-0.2, -0.15) is 13.2 Å². The lowest BCUT2D eigenvalue weighted by molar-refractivity contribution is -0.137. The molecule has 0 saturated heterocycles. The lowest BCUT2D eigenvalue weighted by atomic mass is 10.0. The first-order chi connectivity index (χ1) is 13.7. The van der Waals surface area contributed by atoms with Crippen LogP contribution in [0.3, 0.4) is 0 Å². The zero-order valence-corrected chi connectivity index (χ0v) is 15.8. The van der Waals surface area contributed by atoms with E-state index in [1.54, 1.807) is 26.0 Å². The van der Waals surface area contributed by atoms with Gasteiger partial charge in [-0.3, -0.25) is 4.79 Å². The van der Waals surface area contributed by atoms with Gasteiger partial charge in [0.1, 0.15) is 11.6 Å². The molecule has 8 heteroatoms. The standard InChI is InChI=1S/C21H19F4N3O/c1-3-26-19-18(20(29)27-11-13-4-7-15(22)8-5-13)12(2)16-9-6-14(21(23,24)25)10-17(16)28-19/h4-10H,3,11H2,1-2H3,(H,26,28)(H,27,29). The molecule has 0 bridgehead atoms. The van der Waals surface area contributed by atoms with Gasteiger partial charge in [-0.1, -0.05) is 18.2 Å². The van der Waals surface area contributed by atoms with Crippen LogP contribution < -0.4 is 10.6 Å². The van der Waals surface area contributed by atoms with Crippen LogP contribution in [-0.2, 0) is 12.7 Å². The van der Waals surface area contributed by atoms with Crippen LogP contribution in [0.4, 0.5) is 23.4 Å². The van der Waals surface area contributed by atoms with E-state index in [2.05, 4.69) is 15.6 Å². The van der Waals surface area contributed by atoms with Gasteiger partial charge in [0, 0.05) is 18.5 Å². The molecule has 3 aromatic rings. The van der Waals surface area contributed by atoms with Crippen molar-refractivity contribution in [3.63, 3.8) is 0 Å². The van der Waals surface area contributed by atoms with Gasteiger partial charge in [-0.05, 0) is 49.2 Å². The average molecular weight is 405 g/mol. The SMILES string of the molecule is CCNc1nc2cc(C(F)(F)F)ccc2c(C)c1C(=O)NCc1ccc(F)cc1. The number of benzene rings is 2. The third-order valence-corrected chi connectivity index (χ3v) is 4.51. The summed E-state index contributed by atoms with van der Waals surface area (Å²) in [4.78, 5) is 17.1. The van der Waals surface area contributed by atoms with Crippen molar-refractivity contribution < 1.29 is 22.4 Å². The van der Waals surface area contributed by atoms with E-state index in [0.29, 0.717) is 23.1 Å². The number of hydrogen-bond donors (Lipinski definition) is 2. The topological polar surface area (TPSA) is 54.0 Å². The first-order valence-corrected chi connectivity index (χ1v) is 8.98. The normalized spacial score (nSPS) is 11.5. The van der Waals surface area contributed by atoms with Gasteiger partial charge in [0.05, 0.1) is 16.6 Å². The smallest absolute Gasteiger partial charge is 0.370 e. The van der Waals surface area contributed by atoms with Gasteiger partial charge in [0.25, 0.3) is 5.91 Å². The number of pyridine rings is 1. The van der Waals surface area contributed by atoms with Gasteiger partial charge >= 0.3 is 6.18 Å². The maximum absolute atomic E-state index is 13.0. The van der Waals surface area contributed by atoms with E-state index in [-0.39, 0.29) is 29.3 Å². The molecule has 0 saturated carbocycles. The zero-order valence-electron chi connectivity index (χ0n) is 15.8. The number of aromatic nitrogens is 1. The van der Waals surface area contributed by atoms with Crippen molar-refractivity contribution in [2.24, 2.45) is 0 Å². The Labute approximate surface area is 165 Å². The fourth-order valence-corrected chi connectivity index (χ4v) is 3.05. The van der Waals surface area contributed by atoms with Crippen molar-refractivity contribution in [3.8, 4) is 0 Å². The maximum Gasteiger partial charge on any atom is 0.416 e. The van der Waals surface area contributed by atoms with E-state index in [4.69, 9.17) is 0 Å². The van der Waals surface area contributed by atoms with Crippen LogP contribution in [-0.4, -0.2) is 17.4 Å². The number of nitrogens with zero attached hydrogens (tertiary/aromatic N) is 1. The van der Waals surface area contributed by atoms with E-state index < -0.39 is 17.6 Å². The van der Waals surface area contributed by atoms with E-state index in [9.17, 15) is 22.4 Å². The fourth-order valence-electron chi connectivity index (χ4n) is 3.05. The third kappa shape index (κ3) is 4.47. The van der Waals surface area contributed by atoms with Crippen LogP contribution in [0.25, 0.3) is 10.9 Å². The largest absolute Gasteiger partial charge is 0.416 e. The molecule has 0 fully saturated rings. The number of hydrogen-bond acceptors (Lipinski definition) is 3. The van der Waals surface area contributed by atoms with Gasteiger partial charge in [-0.15, -0.1) is 0 Å². The number of rotatable bonds is 5. The van der Waals surface area contributed by atoms with Crippen LogP contribution in [0.15, 0.2) is 42.5 Å². The number of fused-ring (bicyclic) bond motifs is 1. The van der Waals surface area contributed by atoms with Crippen molar-refractivity contribution in [3.05, 3.63) is 70.5 Å². The van der Waals surface area contributed by atoms with Crippen LogP contribution in [0.5, 0.6) is 0 Å². The molecule has 0 aliphatic rings. The second-order valence-electron chi connectivity index (χ2n) is 6.53. The second kappa shape index (κ2) is 8.06. The average Bonchev–Trinajstić information content (AvgIpc) is 2.66. The first-order valence-electron chi connectivity index (χ1n) is 8.98. The molecular formula is C21H19F4N3O. The third-order valence-electron chi connectivity index (χ3n) is 4.51. The Bertz CT molecular complexity index is 1050. The minimum Gasteiger partial charge on any atom is -0.370 e. The van der Waals surface area contributed by atoms with Crippen LogP contribution in [0.1, 0.15) is 34.0 Å². The summed E-state index contributed by atoms with van der Waals surface area (Å²) in [5.74, 6) is -0.576. The molecule has 0 atom stereocenters. The van der Waals surface area contributed by atoms with E-state index >= 15 is 0 Å². The summed E-state index contributed by atoms with van der Waals surface area (Å²) in [5, 5.41) is 6.17. The highest BCUT2D eigenvalue weighted by Crippen LogP contribution is 2.33. The molecule has 0 spiro atoms. The summed E-state index contributed by atoms with van der Waals surface area (Å²) in [6, 6.07) is 9.00. The van der Waals surface area contributed by atoms with Crippen molar-refractivity contribution in [2.45, 2.75) is 26.6 Å². The highest BCUT2D eigenvalue weighted by Gasteiger charge is 2.31. The zero-order chi connectivity index (χ0) is 21.2. The molecule has 152 valence electrons. The Morgan fingerprint density at radius 1 is 1.10 bits per heavy atom. The summed E-state index contributed by atoms with van der Waals surface area (Å²) in [7, 11) is 0. The summed E-state index contributed by atoms with van der Waals surface area (Å²) < 4.78 is 52.1. The van der Waals surface area contributed by atoms with Crippen LogP contribution in [0, 0.1) is 12.7 Å². The number of halogens is 4. The minimum absolute atomic E-state index is 0.156. The molecule has 0 aliphatic heterocycles. The molecule has 0 radical (unpaired) electrons. The van der Waals surface area contributed by atoms with Crippen molar-refractivity contribution in [1.82, 2.24) is 10.3 Å². The van der Waals surface area contributed by atoms with E-state index in [1.165, 1.54) is 18.2 Å². The lowest BCUT2D eigenvalue weighted by Gasteiger charge is -2.16. The number of carbonyl (C=O) groups is 1. The van der Waals surface area contributed by atoms with Gasteiger partial charge in [0.2, 0.25) is 0 Å². The molecule has 1 aromatic heterocycles. The van der Waals surface area contributed by atoms with Crippen molar-refractivity contribution in [2.75, 3.05) is 11.9 Å². The van der Waals surface area contributed by atoms with Crippen molar-refractivity contribution in [1.29, 1.82) is 0 Å². The van der Waals surface area contributed by atoms with Crippen LogP contribution >= 0.6 is 0 Å². The second-order valence-corrected chi connectivity index (χ2v) is 6.53. The molecule has 3 rings (SSSR count). The van der Waals surface area contributed by atoms with Gasteiger partial charge in [0.15, 0.2) is 0 Å². The molecular weight excluding hydrogens is 386 g/mol. The number of anilines is 1. The quantitative estimate of drug-likeness (QED) is 0.583. The van der Waals surface area contributed by atoms with E-state index in [0.717, 1.165) is 12.1 Å². The molecule has 4 nitrogen and oxygen atoms in total. The predicted molar refractivity (Wildman–Crippen MR) is 103 cm³/mol. The Hall–Kier alpha value is -3.16. The molecule has 2 N–H and O–H groups in total. The van der Waals surface area contributed by atoms with Crippen molar-refractivity contribution >= 4 is 22.6 Å². The first kappa shape index (κ1) is 20.6. The number of nitrogens with one attached hydrogen (secondary N) is 2. The van der Waals surface area contributed by atoms with Crippen LogP contribution in [0.2, 0.25) is 0 Å². The Kier molecular flexibility index (Phi) is 5.72. The highest BCUT2D eigenvalue weighted by molar-refractivity contribution is 6.04. The number of aryl methyl sites for hydroxylation is 1. The summed E-state index contributed by atoms with van der Waals surface area (Å²) in [6.07, 6.45) is -4.48. The molecule has 29 heavy (non-hydrogen) atoms. The summed E-state index contributed by atoms with van der Waals surface area (Å²) in [5.41, 5.74) is 0.861. The highest BCUT2D eigenvalue weighted by atomic mass is 19.4. The molecule has 1 heterocycles. The Morgan fingerprint density at radius 3 is 2.41 bits per heavy atom. The minimum atomic E-state index is -4.48.